The molecule has 2 heterocycles. The van der Waals surface area contributed by atoms with Crippen molar-refractivity contribution in [1.29, 1.82) is 0 Å². The van der Waals surface area contributed by atoms with Gasteiger partial charge in [0.1, 0.15) is 42.3 Å². The second-order valence-electron chi connectivity index (χ2n) is 19.2. The number of hydrogen-bond acceptors (Lipinski definition) is 10. The molecule has 0 bridgehead atoms. The Morgan fingerprint density at radius 1 is 0.824 bits per heavy atom. The van der Waals surface area contributed by atoms with Gasteiger partial charge in [0, 0.05) is 26.9 Å². The van der Waals surface area contributed by atoms with Gasteiger partial charge in [0.2, 0.25) is 47.3 Å². The van der Waals surface area contributed by atoms with E-state index in [4.69, 9.17) is 17.2 Å². The number of aliphatic imine (C=N–C) groups is 1. The van der Waals surface area contributed by atoms with E-state index in [1.54, 1.807) is 57.2 Å². The molecule has 370 valence electrons. The smallest absolute Gasteiger partial charge is 0.250 e. The number of aryl methyl sites for hydroxylation is 1. The second-order valence-corrected chi connectivity index (χ2v) is 19.2. The van der Waals surface area contributed by atoms with E-state index < -0.39 is 102 Å². The number of aliphatic hydroxyl groups excluding tert-OH is 1. The van der Waals surface area contributed by atoms with Crippen LogP contribution in [0, 0.1) is 11.3 Å². The SMILES string of the molecule is CC(=O)N[C@@H](CC1CCCCC1)C(=O)N[C@@H](CCCN=C(N)N)C(=O)N(C)[C@H](C(=O)N[C@H]1CCc2cccc3c2N(C1=O)[C@H](C(=O)N[C@@H](CO)C(=O)NC(C(N)=O)C(C)(C)C)C3)c1ccccc1. The summed E-state index contributed by atoms with van der Waals surface area (Å²) >= 11 is 0. The molecular weight excluding hydrogens is 875 g/mol. The summed E-state index contributed by atoms with van der Waals surface area (Å²) in [6.07, 6.45) is 6.27. The van der Waals surface area contributed by atoms with Crippen molar-refractivity contribution in [3.8, 4) is 0 Å². The third-order valence-corrected chi connectivity index (χ3v) is 12.9. The fraction of sp³-hybridized carbons (Fsp3) is 0.562. The normalized spacial score (nSPS) is 19.1. The van der Waals surface area contributed by atoms with Crippen LogP contribution in [0.15, 0.2) is 53.5 Å². The van der Waals surface area contributed by atoms with Gasteiger partial charge in [0.05, 0.1) is 12.3 Å². The summed E-state index contributed by atoms with van der Waals surface area (Å²) in [5.41, 5.74) is 18.2. The van der Waals surface area contributed by atoms with Gasteiger partial charge in [-0.25, -0.2) is 0 Å². The Hall–Kier alpha value is -6.57. The number of likely N-dealkylation sites (N-methyl/N-ethyl adjacent to an activating group) is 1. The maximum absolute atomic E-state index is 14.8. The number of anilines is 1. The first-order valence-electron chi connectivity index (χ1n) is 23.4. The number of primary amides is 1. The van der Waals surface area contributed by atoms with Crippen LogP contribution in [-0.2, 0) is 51.2 Å². The lowest BCUT2D eigenvalue weighted by Gasteiger charge is -2.34. The van der Waals surface area contributed by atoms with Crippen LogP contribution < -0.4 is 48.7 Å². The van der Waals surface area contributed by atoms with Gasteiger partial charge in [-0.2, -0.15) is 0 Å². The quantitative estimate of drug-likeness (QED) is 0.0487. The van der Waals surface area contributed by atoms with Crippen LogP contribution in [0.2, 0.25) is 0 Å². The average molecular weight is 944 g/mol. The van der Waals surface area contributed by atoms with Crippen molar-refractivity contribution in [1.82, 2.24) is 31.5 Å². The third kappa shape index (κ3) is 13.3. The molecule has 2 aromatic carbocycles. The van der Waals surface area contributed by atoms with Crippen molar-refractivity contribution in [2.75, 3.05) is 25.1 Å². The van der Waals surface area contributed by atoms with Gasteiger partial charge in [-0.05, 0) is 60.1 Å². The van der Waals surface area contributed by atoms with E-state index in [0.29, 0.717) is 29.7 Å². The number of guanidine groups is 1. The van der Waals surface area contributed by atoms with E-state index in [0.717, 1.165) is 37.7 Å². The van der Waals surface area contributed by atoms with Crippen LogP contribution in [0.25, 0.3) is 0 Å². The molecule has 7 atom stereocenters. The maximum Gasteiger partial charge on any atom is 0.250 e. The summed E-state index contributed by atoms with van der Waals surface area (Å²) in [6, 6.07) is 5.49. The topological polar surface area (TPSA) is 314 Å². The molecule has 0 radical (unpaired) electrons. The fourth-order valence-electron chi connectivity index (χ4n) is 9.47. The number of nitrogens with two attached hydrogens (primary N) is 3. The highest BCUT2D eigenvalue weighted by molar-refractivity contribution is 6.09. The highest BCUT2D eigenvalue weighted by Gasteiger charge is 2.46. The first-order valence-corrected chi connectivity index (χ1v) is 23.4. The zero-order chi connectivity index (χ0) is 49.9. The van der Waals surface area contributed by atoms with Crippen LogP contribution in [0.1, 0.15) is 108 Å². The molecule has 8 amide bonds. The zero-order valence-corrected chi connectivity index (χ0v) is 39.7. The molecule has 68 heavy (non-hydrogen) atoms. The number of hydrogen-bond donors (Lipinski definition) is 9. The molecule has 20 heteroatoms. The van der Waals surface area contributed by atoms with Gasteiger partial charge in [-0.1, -0.05) is 101 Å². The summed E-state index contributed by atoms with van der Waals surface area (Å²) in [7, 11) is 1.43. The van der Waals surface area contributed by atoms with Crippen molar-refractivity contribution in [2.24, 2.45) is 33.5 Å². The number of carbonyl (C=O) groups excluding carboxylic acids is 8. The fourth-order valence-corrected chi connectivity index (χ4v) is 9.47. The van der Waals surface area contributed by atoms with Crippen molar-refractivity contribution in [3.05, 3.63) is 65.2 Å². The van der Waals surface area contributed by atoms with Crippen molar-refractivity contribution >= 4 is 58.9 Å². The molecule has 5 rings (SSSR count). The molecule has 2 aromatic rings. The lowest BCUT2D eigenvalue weighted by atomic mass is 9.84. The van der Waals surface area contributed by atoms with Gasteiger partial charge in [-0.3, -0.25) is 48.2 Å². The summed E-state index contributed by atoms with van der Waals surface area (Å²) in [4.78, 5) is 117. The number of nitrogens with one attached hydrogen (secondary N) is 5. The molecule has 12 N–H and O–H groups in total. The first-order chi connectivity index (χ1) is 32.2. The van der Waals surface area contributed by atoms with E-state index in [2.05, 4.69) is 31.6 Å². The van der Waals surface area contributed by atoms with Gasteiger partial charge >= 0.3 is 0 Å². The van der Waals surface area contributed by atoms with Gasteiger partial charge in [0.25, 0.3) is 0 Å². The zero-order valence-electron chi connectivity index (χ0n) is 39.7. The van der Waals surface area contributed by atoms with E-state index in [1.807, 2.05) is 12.1 Å². The van der Waals surface area contributed by atoms with E-state index in [1.165, 1.54) is 23.8 Å². The number of carbonyl (C=O) groups is 8. The second kappa shape index (κ2) is 23.4. The summed E-state index contributed by atoms with van der Waals surface area (Å²) in [5.74, 6) is -5.22. The van der Waals surface area contributed by atoms with Crippen LogP contribution >= 0.6 is 0 Å². The molecule has 1 fully saturated rings. The maximum atomic E-state index is 14.8. The number of para-hydroxylation sites is 1. The molecule has 0 spiro atoms. The molecule has 1 saturated carbocycles. The largest absolute Gasteiger partial charge is 0.394 e. The Kier molecular flexibility index (Phi) is 18.1. The molecule has 2 aliphatic heterocycles. The summed E-state index contributed by atoms with van der Waals surface area (Å²) in [5, 5.41) is 23.8. The molecule has 20 nitrogen and oxygen atoms in total. The first kappa shape index (κ1) is 52.4. The number of benzene rings is 2. The third-order valence-electron chi connectivity index (χ3n) is 12.9. The number of nitrogens with zero attached hydrogens (tertiary/aromatic N) is 3. The molecule has 0 saturated heterocycles. The number of amides is 8. The highest BCUT2D eigenvalue weighted by Crippen LogP contribution is 2.39. The molecule has 3 aliphatic rings. The predicted molar refractivity (Wildman–Crippen MR) is 254 cm³/mol. The molecule has 1 unspecified atom stereocenters. The van der Waals surface area contributed by atoms with Crippen molar-refractivity contribution in [3.63, 3.8) is 0 Å². The van der Waals surface area contributed by atoms with Crippen molar-refractivity contribution < 1.29 is 43.5 Å². The summed E-state index contributed by atoms with van der Waals surface area (Å²) < 4.78 is 0. The average Bonchev–Trinajstić information content (AvgIpc) is 3.63. The van der Waals surface area contributed by atoms with Crippen LogP contribution in [0.3, 0.4) is 0 Å². The number of aliphatic hydroxyl groups is 1. The Bertz CT molecular complexity index is 2200. The Labute approximate surface area is 397 Å². The lowest BCUT2D eigenvalue weighted by Crippen LogP contribution is -2.61. The monoisotopic (exact) mass is 944 g/mol. The minimum atomic E-state index is -1.50. The standard InChI is InChI=1S/C48H69N11O9/c1-27(61)53-34(24-28-14-8-6-9-15-28)41(63)54-32(20-13-23-52-47(50)51)45(67)58(5)38(29-16-10-7-11-17-29)44(66)55-33-22-21-30-18-12-19-31-25-36(59(37(30)31)46(33)68)43(65)56-35(26-60)42(64)57-39(40(49)62)48(2,3)4/h7,10-12,16-19,28,32-36,38-39,60H,6,8-9,13-15,20-26H2,1-5H3,(H2,49,62)(H,53,61)(H,54,63)(H,55,66)(H,56,65)(H,57,64)(H4,50,51,52)/t32-,33-,34-,35-,36-,38-,39?/m0/s1. The van der Waals surface area contributed by atoms with E-state index >= 15 is 0 Å². The van der Waals surface area contributed by atoms with Crippen LogP contribution in [-0.4, -0.2) is 120 Å². The predicted octanol–water partition coefficient (Wildman–Crippen LogP) is 0.0818. The van der Waals surface area contributed by atoms with Crippen LogP contribution in [0.5, 0.6) is 0 Å². The molecular formula is C48H69N11O9. The molecule has 0 aromatic heterocycles. The van der Waals surface area contributed by atoms with E-state index in [9.17, 15) is 43.5 Å². The van der Waals surface area contributed by atoms with Crippen LogP contribution in [0.4, 0.5) is 5.69 Å². The Morgan fingerprint density at radius 2 is 1.49 bits per heavy atom. The van der Waals surface area contributed by atoms with Crippen molar-refractivity contribution in [2.45, 2.75) is 141 Å². The van der Waals surface area contributed by atoms with Gasteiger partial charge in [-0.15, -0.1) is 0 Å². The van der Waals surface area contributed by atoms with Gasteiger partial charge < -0.3 is 53.8 Å². The highest BCUT2D eigenvalue weighted by atomic mass is 16.3. The minimum absolute atomic E-state index is 0.0662. The Morgan fingerprint density at radius 3 is 2.10 bits per heavy atom. The van der Waals surface area contributed by atoms with E-state index in [-0.39, 0.29) is 44.1 Å². The Balaban J connectivity index is 1.40. The number of rotatable bonds is 20. The lowest BCUT2D eigenvalue weighted by molar-refractivity contribution is -0.143. The minimum Gasteiger partial charge on any atom is -0.394 e. The summed E-state index contributed by atoms with van der Waals surface area (Å²) in [6.45, 7) is 5.74. The molecule has 1 aliphatic carbocycles. The van der Waals surface area contributed by atoms with Gasteiger partial charge in [0.15, 0.2) is 5.96 Å².